The number of methoxy groups -OCH3 is 1. The number of thioether (sulfide) groups is 1. The van der Waals surface area contributed by atoms with Gasteiger partial charge >= 0.3 is 0 Å². The fourth-order valence-corrected chi connectivity index (χ4v) is 2.99. The Hall–Kier alpha value is -0.920. The smallest absolute Gasteiger partial charge is 0.177 e. The molecule has 0 radical (unpaired) electrons. The summed E-state index contributed by atoms with van der Waals surface area (Å²) in [5.74, 6) is 1.57. The second-order valence-corrected chi connectivity index (χ2v) is 5.68. The lowest BCUT2D eigenvalue weighted by molar-refractivity contribution is 0.178. The first-order valence-electron chi connectivity index (χ1n) is 5.03. The molecular weight excluding hydrogens is 256 g/mol. The zero-order valence-corrected chi connectivity index (χ0v) is 11.9. The molecule has 2 aromatic heterocycles. The van der Waals surface area contributed by atoms with Crippen LogP contribution in [0.1, 0.15) is 5.82 Å². The van der Waals surface area contributed by atoms with Gasteiger partial charge in [-0.05, 0) is 6.26 Å². The summed E-state index contributed by atoms with van der Waals surface area (Å²) in [5, 5.41) is 0. The molecule has 0 aliphatic carbocycles. The first-order valence-corrected chi connectivity index (χ1v) is 7.07. The van der Waals surface area contributed by atoms with E-state index in [1.54, 1.807) is 30.2 Å². The van der Waals surface area contributed by atoms with Crippen molar-refractivity contribution in [1.29, 1.82) is 0 Å². The minimum Gasteiger partial charge on any atom is -0.377 e. The molecule has 2 aromatic rings. The monoisotopic (exact) mass is 270 g/mol. The first-order chi connectivity index (χ1) is 8.15. The fourth-order valence-electron chi connectivity index (χ4n) is 1.42. The van der Waals surface area contributed by atoms with E-state index in [1.165, 1.54) is 0 Å². The number of rotatable bonds is 4. The molecule has 7 heteroatoms. The van der Waals surface area contributed by atoms with Gasteiger partial charge in [0.05, 0.1) is 0 Å². The largest absolute Gasteiger partial charge is 0.377 e. The predicted molar refractivity (Wildman–Crippen MR) is 72.0 cm³/mol. The molecule has 0 unspecified atom stereocenters. The third kappa shape index (κ3) is 2.51. The summed E-state index contributed by atoms with van der Waals surface area (Å²) in [5.41, 5.74) is 0.755. The molecular formula is C10H14N4OS2. The molecule has 0 bridgehead atoms. The van der Waals surface area contributed by atoms with Crippen molar-refractivity contribution in [2.24, 2.45) is 0 Å². The maximum atomic E-state index is 5.07. The van der Waals surface area contributed by atoms with Crippen molar-refractivity contribution in [3.8, 4) is 0 Å². The molecule has 92 valence electrons. The van der Waals surface area contributed by atoms with E-state index in [4.69, 9.17) is 4.74 Å². The second-order valence-electron chi connectivity index (χ2n) is 3.63. The van der Waals surface area contributed by atoms with Crippen molar-refractivity contribution in [2.75, 3.05) is 32.4 Å². The van der Waals surface area contributed by atoms with E-state index in [2.05, 4.69) is 15.0 Å². The minimum absolute atomic E-state index is 0.406. The van der Waals surface area contributed by atoms with Gasteiger partial charge < -0.3 is 9.64 Å². The fraction of sp³-hybridized carbons (Fsp3) is 0.500. The van der Waals surface area contributed by atoms with Gasteiger partial charge in [0.1, 0.15) is 11.3 Å². The van der Waals surface area contributed by atoms with Crippen LogP contribution in [0.5, 0.6) is 0 Å². The quantitative estimate of drug-likeness (QED) is 0.792. The van der Waals surface area contributed by atoms with Crippen LogP contribution in [0.2, 0.25) is 0 Å². The van der Waals surface area contributed by atoms with Crippen molar-refractivity contribution < 1.29 is 4.74 Å². The van der Waals surface area contributed by atoms with E-state index >= 15 is 0 Å². The zero-order chi connectivity index (χ0) is 12.4. The van der Waals surface area contributed by atoms with Crippen LogP contribution in [0.4, 0.5) is 5.82 Å². The number of thiazole rings is 1. The summed E-state index contributed by atoms with van der Waals surface area (Å²) >= 11 is 3.25. The average Bonchev–Trinajstić information content (AvgIpc) is 2.71. The van der Waals surface area contributed by atoms with E-state index in [0.29, 0.717) is 12.4 Å². The minimum atomic E-state index is 0.406. The van der Waals surface area contributed by atoms with E-state index in [-0.39, 0.29) is 0 Å². The maximum Gasteiger partial charge on any atom is 0.177 e. The highest BCUT2D eigenvalue weighted by Gasteiger charge is 2.14. The molecule has 0 fully saturated rings. The Bertz CT molecular complexity index is 526. The number of ether oxygens (including phenoxy) is 1. The molecule has 2 rings (SSSR count). The first kappa shape index (κ1) is 12.5. The molecule has 0 atom stereocenters. The van der Waals surface area contributed by atoms with Gasteiger partial charge in [-0.25, -0.2) is 15.0 Å². The van der Waals surface area contributed by atoms with Crippen molar-refractivity contribution >= 4 is 39.3 Å². The highest BCUT2D eigenvalue weighted by molar-refractivity contribution is 8.00. The standard InChI is InChI=1S/C10H14N4OS2/c1-14(2)9-7-8(13-10(16-4)17-7)11-6(12-9)5-15-3/h5H2,1-4H3. The van der Waals surface area contributed by atoms with Gasteiger partial charge in [-0.1, -0.05) is 11.8 Å². The van der Waals surface area contributed by atoms with Crippen LogP contribution >= 0.6 is 23.1 Å². The number of hydrogen-bond donors (Lipinski definition) is 0. The third-order valence-electron chi connectivity index (χ3n) is 2.13. The highest BCUT2D eigenvalue weighted by atomic mass is 32.2. The van der Waals surface area contributed by atoms with Crippen LogP contribution in [0.3, 0.4) is 0 Å². The van der Waals surface area contributed by atoms with Gasteiger partial charge in [0.25, 0.3) is 0 Å². The van der Waals surface area contributed by atoms with Gasteiger partial charge in [-0.2, -0.15) is 0 Å². The molecule has 0 saturated heterocycles. The summed E-state index contributed by atoms with van der Waals surface area (Å²) < 4.78 is 7.11. The molecule has 0 amide bonds. The number of fused-ring (bicyclic) bond motifs is 1. The summed E-state index contributed by atoms with van der Waals surface area (Å²) in [6, 6.07) is 0. The summed E-state index contributed by atoms with van der Waals surface area (Å²) in [6.07, 6.45) is 2.01. The Labute approximate surface area is 108 Å². The number of anilines is 1. The Morgan fingerprint density at radius 1 is 1.29 bits per heavy atom. The zero-order valence-electron chi connectivity index (χ0n) is 10.2. The van der Waals surface area contributed by atoms with Crippen molar-refractivity contribution in [3.63, 3.8) is 0 Å². The number of hydrogen-bond acceptors (Lipinski definition) is 7. The van der Waals surface area contributed by atoms with E-state index in [9.17, 15) is 0 Å². The Morgan fingerprint density at radius 3 is 2.65 bits per heavy atom. The number of nitrogens with zero attached hydrogens (tertiary/aromatic N) is 4. The SMILES string of the molecule is COCc1nc(N(C)C)c2sc(SC)nc2n1. The molecule has 5 nitrogen and oxygen atoms in total. The van der Waals surface area contributed by atoms with Crippen molar-refractivity contribution in [1.82, 2.24) is 15.0 Å². The normalized spacial score (nSPS) is 11.1. The topological polar surface area (TPSA) is 51.1 Å². The van der Waals surface area contributed by atoms with E-state index < -0.39 is 0 Å². The van der Waals surface area contributed by atoms with Crippen LogP contribution in [-0.4, -0.2) is 42.4 Å². The molecule has 0 spiro atoms. The Balaban J connectivity index is 2.60. The average molecular weight is 270 g/mol. The molecule has 0 aliphatic heterocycles. The Morgan fingerprint density at radius 2 is 2.06 bits per heavy atom. The molecule has 0 aliphatic rings. The summed E-state index contributed by atoms with van der Waals surface area (Å²) in [7, 11) is 5.57. The van der Waals surface area contributed by atoms with Crippen molar-refractivity contribution in [3.05, 3.63) is 5.82 Å². The third-order valence-corrected chi connectivity index (χ3v) is 4.16. The summed E-state index contributed by atoms with van der Waals surface area (Å²) in [4.78, 5) is 15.3. The van der Waals surface area contributed by atoms with Gasteiger partial charge in [-0.15, -0.1) is 11.3 Å². The lowest BCUT2D eigenvalue weighted by Crippen LogP contribution is -2.13. The van der Waals surface area contributed by atoms with Crippen LogP contribution in [0.25, 0.3) is 10.3 Å². The predicted octanol–water partition coefficient (Wildman–Crippen LogP) is 2.02. The van der Waals surface area contributed by atoms with Crippen LogP contribution in [-0.2, 0) is 11.3 Å². The molecule has 17 heavy (non-hydrogen) atoms. The lowest BCUT2D eigenvalue weighted by Gasteiger charge is -2.12. The maximum absolute atomic E-state index is 5.07. The lowest BCUT2D eigenvalue weighted by atomic mass is 10.5. The molecule has 0 aromatic carbocycles. The van der Waals surface area contributed by atoms with Gasteiger partial charge in [0, 0.05) is 21.2 Å². The molecule has 0 saturated carbocycles. The van der Waals surface area contributed by atoms with Crippen LogP contribution in [0, 0.1) is 0 Å². The molecule has 0 N–H and O–H groups in total. The van der Waals surface area contributed by atoms with Crippen LogP contribution in [0.15, 0.2) is 4.34 Å². The van der Waals surface area contributed by atoms with Gasteiger partial charge in [0.15, 0.2) is 21.6 Å². The number of aromatic nitrogens is 3. The van der Waals surface area contributed by atoms with Gasteiger partial charge in [-0.3, -0.25) is 0 Å². The highest BCUT2D eigenvalue weighted by Crippen LogP contribution is 2.32. The van der Waals surface area contributed by atoms with Gasteiger partial charge in [0.2, 0.25) is 0 Å². The molecule has 2 heterocycles. The van der Waals surface area contributed by atoms with Crippen LogP contribution < -0.4 is 4.90 Å². The Kier molecular flexibility index (Phi) is 3.80. The van der Waals surface area contributed by atoms with E-state index in [1.807, 2.05) is 25.3 Å². The van der Waals surface area contributed by atoms with E-state index in [0.717, 1.165) is 20.5 Å². The van der Waals surface area contributed by atoms with Crippen molar-refractivity contribution in [2.45, 2.75) is 10.9 Å². The second kappa shape index (κ2) is 5.16. The summed E-state index contributed by atoms with van der Waals surface area (Å²) in [6.45, 7) is 0.406.